The molecule has 186 valence electrons. The molecule has 2 aromatic heterocycles. The fourth-order valence-electron chi connectivity index (χ4n) is 4.86. The van der Waals surface area contributed by atoms with Crippen LogP contribution in [0.4, 0.5) is 5.82 Å². The molecule has 6 atom stereocenters. The van der Waals surface area contributed by atoms with Crippen molar-refractivity contribution in [3.63, 3.8) is 0 Å². The van der Waals surface area contributed by atoms with Crippen LogP contribution in [-0.2, 0) is 4.74 Å². The van der Waals surface area contributed by atoms with Crippen molar-refractivity contribution < 1.29 is 25.2 Å². The largest absolute Gasteiger partial charge is 0.394 e. The van der Waals surface area contributed by atoms with Gasteiger partial charge in [0.2, 0.25) is 5.82 Å². The van der Waals surface area contributed by atoms with E-state index in [1.54, 1.807) is 0 Å². The summed E-state index contributed by atoms with van der Waals surface area (Å²) < 4.78 is 7.22. The Morgan fingerprint density at radius 1 is 1.26 bits per heavy atom. The van der Waals surface area contributed by atoms with E-state index in [1.807, 2.05) is 0 Å². The first-order valence-electron chi connectivity index (χ1n) is 12.2. The normalized spacial score (nSPS) is 31.6. The van der Waals surface area contributed by atoms with Crippen molar-refractivity contribution in [1.82, 2.24) is 19.5 Å². The lowest BCUT2D eigenvalue weighted by molar-refractivity contribution is -0.0511. The van der Waals surface area contributed by atoms with Crippen LogP contribution < -0.4 is 5.32 Å². The number of aliphatic hydroxyl groups is 4. The maximum atomic E-state index is 10.9. The molecule has 1 unspecified atom stereocenters. The van der Waals surface area contributed by atoms with E-state index in [0.29, 0.717) is 35.7 Å². The van der Waals surface area contributed by atoms with Crippen molar-refractivity contribution in [3.05, 3.63) is 12.2 Å². The third-order valence-corrected chi connectivity index (χ3v) is 6.92. The van der Waals surface area contributed by atoms with E-state index in [0.717, 1.165) is 25.7 Å². The number of nitrogens with zero attached hydrogens (tertiary/aromatic N) is 4. The molecule has 2 aromatic rings. The van der Waals surface area contributed by atoms with Gasteiger partial charge in [0.25, 0.3) is 0 Å². The Labute approximate surface area is 199 Å². The van der Waals surface area contributed by atoms with Crippen LogP contribution in [0.5, 0.6) is 0 Å². The topological polar surface area (TPSA) is 146 Å². The average Bonchev–Trinajstić information content (AvgIpc) is 3.36. The Kier molecular flexibility index (Phi) is 7.40. The lowest BCUT2D eigenvalue weighted by Crippen LogP contribution is -2.33. The van der Waals surface area contributed by atoms with Crippen molar-refractivity contribution in [3.8, 4) is 11.8 Å². The molecule has 3 heterocycles. The van der Waals surface area contributed by atoms with Gasteiger partial charge in [-0.25, -0.2) is 15.0 Å². The summed E-state index contributed by atoms with van der Waals surface area (Å²) in [6, 6.07) is 0.168. The minimum Gasteiger partial charge on any atom is -0.394 e. The first kappa shape index (κ1) is 24.8. The SMILES string of the molecule is CCC(CC)Nc1nc(C#C[C@]2(O)CCC[C@@H](C)C2)nc2c1ncn2[C@@H]1O[C@H](CO)[C@H](O)C1O. The van der Waals surface area contributed by atoms with E-state index in [9.17, 15) is 20.4 Å². The smallest absolute Gasteiger partial charge is 0.209 e. The lowest BCUT2D eigenvalue weighted by atomic mass is 9.79. The van der Waals surface area contributed by atoms with Gasteiger partial charge in [-0.2, -0.15) is 0 Å². The Balaban J connectivity index is 1.76. The zero-order valence-corrected chi connectivity index (χ0v) is 20.0. The number of rotatable bonds is 6. The molecule has 4 rings (SSSR count). The molecule has 0 bridgehead atoms. The number of hydrogen-bond acceptors (Lipinski definition) is 9. The molecular formula is C24H35N5O5. The third-order valence-electron chi connectivity index (χ3n) is 6.92. The van der Waals surface area contributed by atoms with E-state index in [2.05, 4.69) is 52.9 Å². The van der Waals surface area contributed by atoms with Crippen LogP contribution in [0.2, 0.25) is 0 Å². The Hall–Kier alpha value is -2.29. The number of ether oxygens (including phenoxy) is 1. The number of anilines is 1. The number of nitrogens with one attached hydrogen (secondary N) is 1. The number of hydrogen-bond donors (Lipinski definition) is 5. The monoisotopic (exact) mass is 473 g/mol. The number of imidazole rings is 1. The zero-order chi connectivity index (χ0) is 24.5. The molecule has 5 N–H and O–H groups in total. The molecule has 34 heavy (non-hydrogen) atoms. The van der Waals surface area contributed by atoms with Gasteiger partial charge in [-0.1, -0.05) is 33.1 Å². The quantitative estimate of drug-likeness (QED) is 0.392. The molecule has 10 heteroatoms. The van der Waals surface area contributed by atoms with Crippen molar-refractivity contribution in [2.45, 2.75) is 95.5 Å². The van der Waals surface area contributed by atoms with Gasteiger partial charge in [0.05, 0.1) is 12.9 Å². The lowest BCUT2D eigenvalue weighted by Gasteiger charge is -2.30. The molecule has 1 saturated heterocycles. The van der Waals surface area contributed by atoms with Crippen LogP contribution >= 0.6 is 0 Å². The summed E-state index contributed by atoms with van der Waals surface area (Å²) in [4.78, 5) is 13.6. The Bertz CT molecular complexity index is 1060. The van der Waals surface area contributed by atoms with Crippen LogP contribution in [0.25, 0.3) is 11.2 Å². The van der Waals surface area contributed by atoms with Crippen molar-refractivity contribution >= 4 is 17.0 Å². The summed E-state index contributed by atoms with van der Waals surface area (Å²) in [5, 5.41) is 44.6. The summed E-state index contributed by atoms with van der Waals surface area (Å²) >= 11 is 0. The summed E-state index contributed by atoms with van der Waals surface area (Å²) in [5.74, 6) is 7.10. The molecule has 0 radical (unpaired) electrons. The van der Waals surface area contributed by atoms with E-state index in [-0.39, 0.29) is 11.9 Å². The number of fused-ring (bicyclic) bond motifs is 1. The highest BCUT2D eigenvalue weighted by Gasteiger charge is 2.44. The molecule has 10 nitrogen and oxygen atoms in total. The van der Waals surface area contributed by atoms with Gasteiger partial charge in [-0.15, -0.1) is 0 Å². The fraction of sp³-hybridized carbons (Fsp3) is 0.708. The van der Waals surface area contributed by atoms with E-state index < -0.39 is 36.7 Å². The molecule has 1 saturated carbocycles. The summed E-state index contributed by atoms with van der Waals surface area (Å²) in [5.41, 5.74) is -0.200. The van der Waals surface area contributed by atoms with E-state index >= 15 is 0 Å². The van der Waals surface area contributed by atoms with Crippen molar-refractivity contribution in [2.75, 3.05) is 11.9 Å². The molecule has 0 spiro atoms. The van der Waals surface area contributed by atoms with Gasteiger partial charge in [0.15, 0.2) is 23.2 Å². The Morgan fingerprint density at radius 2 is 2.03 bits per heavy atom. The van der Waals surface area contributed by atoms with E-state index in [4.69, 9.17) is 4.74 Å². The summed E-state index contributed by atoms with van der Waals surface area (Å²) in [7, 11) is 0. The Morgan fingerprint density at radius 3 is 2.68 bits per heavy atom. The first-order chi connectivity index (χ1) is 16.3. The first-order valence-corrected chi connectivity index (χ1v) is 12.2. The van der Waals surface area contributed by atoms with Gasteiger partial charge in [-0.3, -0.25) is 4.57 Å². The highest BCUT2D eigenvalue weighted by atomic mass is 16.6. The van der Waals surface area contributed by atoms with Gasteiger partial charge in [0.1, 0.15) is 23.9 Å². The molecule has 1 aliphatic heterocycles. The van der Waals surface area contributed by atoms with Crippen molar-refractivity contribution in [1.29, 1.82) is 0 Å². The predicted octanol–water partition coefficient (Wildman–Crippen LogP) is 1.33. The van der Waals surface area contributed by atoms with Crippen LogP contribution in [0.3, 0.4) is 0 Å². The minimum absolute atomic E-state index is 0.168. The standard InChI is InChI=1S/C24H35N5O5/c1-4-15(5-2)26-21-18-22(29(13-25-18)23-20(32)19(31)16(12-30)34-23)28-17(27-21)8-10-24(33)9-6-7-14(3)11-24/h13-16,19-20,23,30-33H,4-7,9,11-12H2,1-3H3,(H,26,27,28)/t14-,16-,19+,20?,23-,24-/m1/s1. The van der Waals surface area contributed by atoms with Crippen LogP contribution in [0, 0.1) is 17.8 Å². The minimum atomic E-state index is -1.26. The molecule has 2 fully saturated rings. The molecule has 1 aliphatic carbocycles. The maximum Gasteiger partial charge on any atom is 0.209 e. The predicted molar refractivity (Wildman–Crippen MR) is 126 cm³/mol. The van der Waals surface area contributed by atoms with E-state index in [1.165, 1.54) is 10.9 Å². The summed E-state index contributed by atoms with van der Waals surface area (Å²) in [6.45, 7) is 5.85. The van der Waals surface area contributed by atoms with Gasteiger partial charge >= 0.3 is 0 Å². The second kappa shape index (κ2) is 10.1. The maximum absolute atomic E-state index is 10.9. The molecule has 2 aliphatic rings. The van der Waals surface area contributed by atoms with Crippen LogP contribution in [0.15, 0.2) is 6.33 Å². The fourth-order valence-corrected chi connectivity index (χ4v) is 4.86. The second-order valence-electron chi connectivity index (χ2n) is 9.59. The summed E-state index contributed by atoms with van der Waals surface area (Å²) in [6.07, 6.45) is 2.09. The molecule has 0 aromatic carbocycles. The second-order valence-corrected chi connectivity index (χ2v) is 9.59. The zero-order valence-electron chi connectivity index (χ0n) is 20.0. The molecule has 0 amide bonds. The van der Waals surface area contributed by atoms with Gasteiger partial charge in [0, 0.05) is 6.04 Å². The van der Waals surface area contributed by atoms with Gasteiger partial charge in [-0.05, 0) is 43.9 Å². The molecular weight excluding hydrogens is 438 g/mol. The number of aromatic nitrogens is 4. The van der Waals surface area contributed by atoms with Crippen molar-refractivity contribution in [2.24, 2.45) is 5.92 Å². The average molecular weight is 474 g/mol. The highest BCUT2D eigenvalue weighted by Crippen LogP contribution is 2.33. The third kappa shape index (κ3) is 4.90. The van der Waals surface area contributed by atoms with Crippen LogP contribution in [-0.4, -0.2) is 76.5 Å². The van der Waals surface area contributed by atoms with Gasteiger partial charge < -0.3 is 30.5 Å². The van der Waals surface area contributed by atoms with Crippen LogP contribution in [0.1, 0.15) is 71.3 Å². The number of aliphatic hydroxyl groups excluding tert-OH is 3. The highest BCUT2D eigenvalue weighted by molar-refractivity contribution is 5.83.